The van der Waals surface area contributed by atoms with E-state index >= 15 is 0 Å². The fourth-order valence-electron chi connectivity index (χ4n) is 1.32. The Morgan fingerprint density at radius 3 is 2.61 bits per heavy atom. The summed E-state index contributed by atoms with van der Waals surface area (Å²) in [6.07, 6.45) is 0. The number of nitrogens with zero attached hydrogens (tertiary/aromatic N) is 1. The molecule has 0 atom stereocenters. The fourth-order valence-corrected chi connectivity index (χ4v) is 2.20. The molecule has 0 spiro atoms. The summed E-state index contributed by atoms with van der Waals surface area (Å²) in [6, 6.07) is 10.4. The molecule has 92 valence electrons. The summed E-state index contributed by atoms with van der Waals surface area (Å²) in [6.45, 7) is 0. The molecule has 0 aliphatic rings. The van der Waals surface area contributed by atoms with Crippen LogP contribution >= 0.6 is 43.5 Å². The third kappa shape index (κ3) is 3.10. The van der Waals surface area contributed by atoms with Crippen LogP contribution in [-0.4, -0.2) is 10.9 Å². The van der Waals surface area contributed by atoms with Crippen molar-refractivity contribution < 1.29 is 4.79 Å². The highest BCUT2D eigenvalue weighted by molar-refractivity contribution is 9.10. The number of rotatable bonds is 2. The van der Waals surface area contributed by atoms with Gasteiger partial charge in [-0.15, -0.1) is 0 Å². The molecule has 1 aromatic heterocycles. The summed E-state index contributed by atoms with van der Waals surface area (Å²) in [5, 5.41) is 3.28. The van der Waals surface area contributed by atoms with Crippen molar-refractivity contribution >= 4 is 55.1 Å². The number of carbonyl (C=O) groups excluding carboxylic acids is 1. The lowest BCUT2D eigenvalue weighted by Gasteiger charge is -2.08. The van der Waals surface area contributed by atoms with Crippen LogP contribution < -0.4 is 5.32 Å². The predicted octanol–water partition coefficient (Wildman–Crippen LogP) is 4.51. The zero-order valence-corrected chi connectivity index (χ0v) is 12.9. The van der Waals surface area contributed by atoms with Gasteiger partial charge in [0.25, 0.3) is 5.91 Å². The van der Waals surface area contributed by atoms with Gasteiger partial charge in [0.1, 0.15) is 10.3 Å². The quantitative estimate of drug-likeness (QED) is 0.767. The van der Waals surface area contributed by atoms with Crippen molar-refractivity contribution in [3.63, 3.8) is 0 Å². The number of amides is 1. The van der Waals surface area contributed by atoms with Crippen molar-refractivity contribution in [1.82, 2.24) is 4.98 Å². The van der Waals surface area contributed by atoms with E-state index in [2.05, 4.69) is 42.2 Å². The molecule has 0 saturated heterocycles. The highest BCUT2D eigenvalue weighted by atomic mass is 79.9. The highest BCUT2D eigenvalue weighted by Crippen LogP contribution is 2.30. The monoisotopic (exact) mass is 388 g/mol. The van der Waals surface area contributed by atoms with Gasteiger partial charge in [0.15, 0.2) is 0 Å². The number of hydrogen-bond acceptors (Lipinski definition) is 2. The van der Waals surface area contributed by atoms with Crippen LogP contribution in [0.15, 0.2) is 45.5 Å². The van der Waals surface area contributed by atoms with Gasteiger partial charge in [0.05, 0.1) is 15.2 Å². The molecule has 0 aliphatic heterocycles. The third-order valence-corrected chi connectivity index (χ3v) is 3.99. The lowest BCUT2D eigenvalue weighted by Crippen LogP contribution is -2.14. The molecular weight excluding hydrogens is 383 g/mol. The number of anilines is 1. The average molecular weight is 390 g/mol. The number of halogens is 3. The van der Waals surface area contributed by atoms with Crippen molar-refractivity contribution in [3.8, 4) is 0 Å². The summed E-state index contributed by atoms with van der Waals surface area (Å²) in [5.74, 6) is -0.292. The van der Waals surface area contributed by atoms with Crippen molar-refractivity contribution in [1.29, 1.82) is 0 Å². The smallest absolute Gasteiger partial charge is 0.274 e. The predicted molar refractivity (Wildman–Crippen MR) is 79.0 cm³/mol. The Morgan fingerprint density at radius 1 is 1.17 bits per heavy atom. The van der Waals surface area contributed by atoms with Crippen LogP contribution in [0.1, 0.15) is 10.5 Å². The SMILES string of the molecule is O=C(Nc1cccc(Cl)c1Br)c1cccc(Br)n1. The van der Waals surface area contributed by atoms with Crippen molar-refractivity contribution in [2.24, 2.45) is 0 Å². The van der Waals surface area contributed by atoms with Crippen LogP contribution in [0.4, 0.5) is 5.69 Å². The van der Waals surface area contributed by atoms with Gasteiger partial charge in [-0.05, 0) is 56.1 Å². The lowest BCUT2D eigenvalue weighted by atomic mass is 10.3. The van der Waals surface area contributed by atoms with Crippen molar-refractivity contribution in [2.45, 2.75) is 0 Å². The molecule has 0 fully saturated rings. The molecule has 2 aromatic rings. The number of nitrogens with one attached hydrogen (secondary N) is 1. The standard InChI is InChI=1S/C12H7Br2ClN2O/c13-10-6-2-5-9(16-10)12(18)17-8-4-1-3-7(15)11(8)14/h1-6H,(H,17,18). The van der Waals surface area contributed by atoms with E-state index in [0.29, 0.717) is 25.5 Å². The molecule has 18 heavy (non-hydrogen) atoms. The van der Waals surface area contributed by atoms with Crippen LogP contribution in [0.3, 0.4) is 0 Å². The molecule has 0 radical (unpaired) electrons. The van der Waals surface area contributed by atoms with Crippen LogP contribution in [0.2, 0.25) is 5.02 Å². The van der Waals surface area contributed by atoms with Crippen molar-refractivity contribution in [2.75, 3.05) is 5.32 Å². The minimum Gasteiger partial charge on any atom is -0.320 e. The van der Waals surface area contributed by atoms with Crippen LogP contribution in [0.5, 0.6) is 0 Å². The first-order valence-electron chi connectivity index (χ1n) is 4.96. The Balaban J connectivity index is 2.24. The lowest BCUT2D eigenvalue weighted by molar-refractivity contribution is 0.102. The Hall–Kier alpha value is -0.910. The molecule has 3 nitrogen and oxygen atoms in total. The minimum absolute atomic E-state index is 0.292. The summed E-state index contributed by atoms with van der Waals surface area (Å²) in [5.41, 5.74) is 0.936. The van der Waals surface area contributed by atoms with Gasteiger partial charge < -0.3 is 5.32 Å². The third-order valence-electron chi connectivity index (χ3n) is 2.15. The molecule has 0 saturated carbocycles. The fraction of sp³-hybridized carbons (Fsp3) is 0. The molecular formula is C12H7Br2ClN2O. The minimum atomic E-state index is -0.292. The molecule has 2 rings (SSSR count). The average Bonchev–Trinajstić information content (AvgIpc) is 2.35. The van der Waals surface area contributed by atoms with E-state index in [1.54, 1.807) is 36.4 Å². The first-order valence-corrected chi connectivity index (χ1v) is 6.92. The highest BCUT2D eigenvalue weighted by Gasteiger charge is 2.11. The number of hydrogen-bond donors (Lipinski definition) is 1. The molecule has 1 N–H and O–H groups in total. The second-order valence-corrected chi connectivity index (χ2v) is 5.41. The van der Waals surface area contributed by atoms with E-state index in [1.807, 2.05) is 0 Å². The van der Waals surface area contributed by atoms with E-state index < -0.39 is 0 Å². The van der Waals surface area contributed by atoms with Crippen LogP contribution in [0, 0.1) is 0 Å². The second-order valence-electron chi connectivity index (χ2n) is 3.40. The number of benzene rings is 1. The Bertz CT molecular complexity index is 604. The van der Waals surface area contributed by atoms with Gasteiger partial charge in [0, 0.05) is 0 Å². The number of pyridine rings is 1. The molecule has 0 unspecified atom stereocenters. The maximum absolute atomic E-state index is 12.0. The maximum atomic E-state index is 12.0. The summed E-state index contributed by atoms with van der Waals surface area (Å²) >= 11 is 12.5. The molecule has 1 aromatic carbocycles. The van der Waals surface area contributed by atoms with Crippen molar-refractivity contribution in [3.05, 3.63) is 56.2 Å². The summed E-state index contributed by atoms with van der Waals surface area (Å²) in [7, 11) is 0. The Labute approximate surface area is 126 Å². The van der Waals surface area contributed by atoms with Gasteiger partial charge in [-0.25, -0.2) is 4.98 Å². The molecule has 1 heterocycles. The largest absolute Gasteiger partial charge is 0.320 e. The van der Waals surface area contributed by atoms with Crippen LogP contribution in [-0.2, 0) is 0 Å². The topological polar surface area (TPSA) is 42.0 Å². The first kappa shape index (κ1) is 13.5. The second kappa shape index (κ2) is 5.82. The first-order chi connectivity index (χ1) is 8.58. The molecule has 1 amide bonds. The van der Waals surface area contributed by atoms with Gasteiger partial charge in [-0.1, -0.05) is 23.7 Å². The van der Waals surface area contributed by atoms with E-state index in [9.17, 15) is 4.79 Å². The van der Waals surface area contributed by atoms with E-state index in [4.69, 9.17) is 11.6 Å². The van der Waals surface area contributed by atoms with Gasteiger partial charge in [-0.2, -0.15) is 0 Å². The van der Waals surface area contributed by atoms with Gasteiger partial charge in [-0.3, -0.25) is 4.79 Å². The van der Waals surface area contributed by atoms with Crippen LogP contribution in [0.25, 0.3) is 0 Å². The van der Waals surface area contributed by atoms with E-state index in [0.717, 1.165) is 0 Å². The Morgan fingerprint density at radius 2 is 1.89 bits per heavy atom. The van der Waals surface area contributed by atoms with Gasteiger partial charge >= 0.3 is 0 Å². The normalized spacial score (nSPS) is 10.2. The van der Waals surface area contributed by atoms with Gasteiger partial charge in [0.2, 0.25) is 0 Å². The summed E-state index contributed by atoms with van der Waals surface area (Å²) < 4.78 is 1.26. The van der Waals surface area contributed by atoms with E-state index in [1.165, 1.54) is 0 Å². The Kier molecular flexibility index (Phi) is 4.37. The molecule has 0 bridgehead atoms. The zero-order chi connectivity index (χ0) is 13.1. The maximum Gasteiger partial charge on any atom is 0.274 e. The van der Waals surface area contributed by atoms with E-state index in [-0.39, 0.29) is 5.91 Å². The summed E-state index contributed by atoms with van der Waals surface area (Å²) in [4.78, 5) is 16.0. The number of carbonyl (C=O) groups is 1. The number of aromatic nitrogens is 1. The molecule has 0 aliphatic carbocycles. The molecule has 6 heteroatoms. The zero-order valence-electron chi connectivity index (χ0n) is 8.95.